The number of ether oxygens (including phenoxy) is 3. The van der Waals surface area contributed by atoms with E-state index in [1.54, 1.807) is 21.3 Å². The molecule has 0 bridgehead atoms. The fraction of sp³-hybridized carbons (Fsp3) is 0.304. The van der Waals surface area contributed by atoms with Crippen molar-refractivity contribution in [1.82, 2.24) is 4.90 Å². The van der Waals surface area contributed by atoms with Crippen LogP contribution in [-0.2, 0) is 19.5 Å². The average Bonchev–Trinajstić information content (AvgIpc) is 2.72. The smallest absolute Gasteiger partial charge is 0.161 e. The summed E-state index contributed by atoms with van der Waals surface area (Å²) in [7, 11) is 5.08. The Hall–Kier alpha value is -2.72. The van der Waals surface area contributed by atoms with Gasteiger partial charge in [0, 0.05) is 19.6 Å². The van der Waals surface area contributed by atoms with Crippen LogP contribution in [0.5, 0.6) is 17.2 Å². The van der Waals surface area contributed by atoms with Gasteiger partial charge in [-0.15, -0.1) is 0 Å². The molecule has 4 nitrogen and oxygen atoms in total. The topological polar surface area (TPSA) is 30.9 Å². The molecular weight excluding hydrogens is 338 g/mol. The third-order valence-electron chi connectivity index (χ3n) is 5.32. The SMILES string of the molecule is COc1ccc2cc(CN3CCc4cc(OC)c(OC)cc4C3)ccc2c1. The molecule has 0 saturated carbocycles. The Morgan fingerprint density at radius 1 is 0.778 bits per heavy atom. The molecule has 0 unspecified atom stereocenters. The molecule has 140 valence electrons. The Balaban J connectivity index is 1.53. The molecule has 0 N–H and O–H groups in total. The molecule has 1 aliphatic rings. The van der Waals surface area contributed by atoms with E-state index in [0.717, 1.165) is 43.3 Å². The first-order valence-corrected chi connectivity index (χ1v) is 9.23. The van der Waals surface area contributed by atoms with Crippen LogP contribution in [-0.4, -0.2) is 32.8 Å². The van der Waals surface area contributed by atoms with Crippen LogP contribution in [0.15, 0.2) is 48.5 Å². The number of fused-ring (bicyclic) bond motifs is 2. The molecule has 0 atom stereocenters. The fourth-order valence-corrected chi connectivity index (χ4v) is 3.83. The molecule has 0 saturated heterocycles. The Bertz CT molecular complexity index is 967. The zero-order valence-electron chi connectivity index (χ0n) is 16.1. The van der Waals surface area contributed by atoms with Gasteiger partial charge >= 0.3 is 0 Å². The summed E-state index contributed by atoms with van der Waals surface area (Å²) in [6.07, 6.45) is 1.03. The van der Waals surface area contributed by atoms with E-state index in [4.69, 9.17) is 14.2 Å². The van der Waals surface area contributed by atoms with Gasteiger partial charge in [-0.05, 0) is 64.2 Å². The lowest BCUT2D eigenvalue weighted by Gasteiger charge is -2.29. The molecule has 0 spiro atoms. The van der Waals surface area contributed by atoms with Crippen LogP contribution in [0.4, 0.5) is 0 Å². The standard InChI is InChI=1S/C23H25NO3/c1-25-21-7-6-17-10-16(4-5-18(17)11-21)14-24-9-8-19-12-22(26-2)23(27-3)13-20(19)15-24/h4-7,10-13H,8-9,14-15H2,1-3H3. The minimum Gasteiger partial charge on any atom is -0.497 e. The molecule has 1 aliphatic heterocycles. The number of hydrogen-bond acceptors (Lipinski definition) is 4. The maximum absolute atomic E-state index is 5.47. The van der Waals surface area contributed by atoms with E-state index in [9.17, 15) is 0 Å². The average molecular weight is 363 g/mol. The fourth-order valence-electron chi connectivity index (χ4n) is 3.83. The van der Waals surface area contributed by atoms with Gasteiger partial charge in [0.1, 0.15) is 5.75 Å². The highest BCUT2D eigenvalue weighted by atomic mass is 16.5. The second-order valence-electron chi connectivity index (χ2n) is 6.98. The van der Waals surface area contributed by atoms with E-state index in [-0.39, 0.29) is 0 Å². The Morgan fingerprint density at radius 3 is 2.22 bits per heavy atom. The number of benzene rings is 3. The predicted molar refractivity (Wildman–Crippen MR) is 108 cm³/mol. The molecule has 0 fully saturated rings. The Morgan fingerprint density at radius 2 is 1.48 bits per heavy atom. The molecule has 27 heavy (non-hydrogen) atoms. The molecule has 0 aliphatic carbocycles. The van der Waals surface area contributed by atoms with Crippen molar-refractivity contribution in [2.75, 3.05) is 27.9 Å². The van der Waals surface area contributed by atoms with Crippen LogP contribution < -0.4 is 14.2 Å². The second-order valence-corrected chi connectivity index (χ2v) is 6.98. The molecule has 3 aromatic carbocycles. The van der Waals surface area contributed by atoms with Crippen molar-refractivity contribution in [3.63, 3.8) is 0 Å². The summed E-state index contributed by atoms with van der Waals surface area (Å²) in [5.74, 6) is 2.51. The summed E-state index contributed by atoms with van der Waals surface area (Å²) in [5.41, 5.74) is 4.01. The van der Waals surface area contributed by atoms with Crippen molar-refractivity contribution < 1.29 is 14.2 Å². The van der Waals surface area contributed by atoms with Crippen molar-refractivity contribution >= 4 is 10.8 Å². The lowest BCUT2D eigenvalue weighted by molar-refractivity contribution is 0.244. The summed E-state index contributed by atoms with van der Waals surface area (Å²) < 4.78 is 16.2. The Labute approximate surface area is 160 Å². The molecular formula is C23H25NO3. The van der Waals surface area contributed by atoms with Crippen LogP contribution in [0.25, 0.3) is 10.8 Å². The minimum atomic E-state index is 0.803. The van der Waals surface area contributed by atoms with Crippen molar-refractivity contribution in [1.29, 1.82) is 0 Å². The van der Waals surface area contributed by atoms with Crippen LogP contribution >= 0.6 is 0 Å². The number of methoxy groups -OCH3 is 3. The Kier molecular flexibility index (Phi) is 4.90. The molecule has 0 radical (unpaired) electrons. The summed E-state index contributed by atoms with van der Waals surface area (Å²) in [6, 6.07) is 17.1. The van der Waals surface area contributed by atoms with Gasteiger partial charge in [0.05, 0.1) is 21.3 Å². The van der Waals surface area contributed by atoms with Gasteiger partial charge < -0.3 is 14.2 Å². The van der Waals surface area contributed by atoms with Crippen LogP contribution in [0.3, 0.4) is 0 Å². The van der Waals surface area contributed by atoms with E-state index in [2.05, 4.69) is 47.4 Å². The van der Waals surface area contributed by atoms with Crippen LogP contribution in [0.1, 0.15) is 16.7 Å². The number of hydrogen-bond donors (Lipinski definition) is 0. The first-order valence-electron chi connectivity index (χ1n) is 9.23. The van der Waals surface area contributed by atoms with Crippen molar-refractivity contribution in [2.45, 2.75) is 19.5 Å². The third-order valence-corrected chi connectivity index (χ3v) is 5.32. The quantitative estimate of drug-likeness (QED) is 0.671. The summed E-state index contributed by atoms with van der Waals surface area (Å²) in [6.45, 7) is 2.91. The minimum absolute atomic E-state index is 0.803. The van der Waals surface area contributed by atoms with Crippen LogP contribution in [0.2, 0.25) is 0 Å². The van der Waals surface area contributed by atoms with E-state index in [0.29, 0.717) is 0 Å². The van der Waals surface area contributed by atoms with E-state index in [1.165, 1.54) is 27.5 Å². The van der Waals surface area contributed by atoms with Crippen molar-refractivity contribution in [2.24, 2.45) is 0 Å². The molecule has 1 heterocycles. The molecule has 0 amide bonds. The van der Waals surface area contributed by atoms with Gasteiger partial charge in [0.2, 0.25) is 0 Å². The maximum Gasteiger partial charge on any atom is 0.161 e. The van der Waals surface area contributed by atoms with Gasteiger partial charge in [-0.1, -0.05) is 18.2 Å². The van der Waals surface area contributed by atoms with Gasteiger partial charge in [0.15, 0.2) is 11.5 Å². The van der Waals surface area contributed by atoms with E-state index in [1.807, 2.05) is 6.07 Å². The first kappa shape index (κ1) is 17.7. The second kappa shape index (κ2) is 7.49. The zero-order chi connectivity index (χ0) is 18.8. The lowest BCUT2D eigenvalue weighted by atomic mass is 9.98. The zero-order valence-corrected chi connectivity index (χ0v) is 16.1. The molecule has 4 rings (SSSR count). The molecule has 3 aromatic rings. The summed E-state index contributed by atoms with van der Waals surface area (Å²) >= 11 is 0. The van der Waals surface area contributed by atoms with E-state index < -0.39 is 0 Å². The van der Waals surface area contributed by atoms with Gasteiger partial charge in [-0.25, -0.2) is 0 Å². The highest BCUT2D eigenvalue weighted by Crippen LogP contribution is 2.33. The van der Waals surface area contributed by atoms with Gasteiger partial charge in [0.25, 0.3) is 0 Å². The molecule has 0 aromatic heterocycles. The molecule has 4 heteroatoms. The third kappa shape index (κ3) is 3.58. The van der Waals surface area contributed by atoms with Crippen LogP contribution in [0, 0.1) is 0 Å². The van der Waals surface area contributed by atoms with Gasteiger partial charge in [-0.2, -0.15) is 0 Å². The number of nitrogens with zero attached hydrogens (tertiary/aromatic N) is 1. The largest absolute Gasteiger partial charge is 0.497 e. The first-order chi connectivity index (χ1) is 13.2. The monoisotopic (exact) mass is 363 g/mol. The highest BCUT2D eigenvalue weighted by molar-refractivity contribution is 5.84. The van der Waals surface area contributed by atoms with Crippen molar-refractivity contribution in [3.8, 4) is 17.2 Å². The highest BCUT2D eigenvalue weighted by Gasteiger charge is 2.19. The van der Waals surface area contributed by atoms with E-state index >= 15 is 0 Å². The van der Waals surface area contributed by atoms with Crippen molar-refractivity contribution in [3.05, 3.63) is 65.2 Å². The maximum atomic E-state index is 5.47. The predicted octanol–water partition coefficient (Wildman–Crippen LogP) is 4.42. The number of rotatable bonds is 5. The van der Waals surface area contributed by atoms with Gasteiger partial charge in [-0.3, -0.25) is 4.90 Å². The normalized spacial score (nSPS) is 14.0. The summed E-state index contributed by atoms with van der Waals surface area (Å²) in [4.78, 5) is 2.49. The summed E-state index contributed by atoms with van der Waals surface area (Å²) in [5, 5.41) is 2.45. The lowest BCUT2D eigenvalue weighted by Crippen LogP contribution is -2.30.